The van der Waals surface area contributed by atoms with Gasteiger partial charge in [-0.25, -0.2) is 4.98 Å². The Morgan fingerprint density at radius 3 is 2.64 bits per heavy atom. The third-order valence-electron chi connectivity index (χ3n) is 3.49. The lowest BCUT2D eigenvalue weighted by atomic mass is 10.0. The van der Waals surface area contributed by atoms with Crippen molar-refractivity contribution in [2.45, 2.75) is 6.42 Å². The molecule has 3 nitrogen and oxygen atoms in total. The SMILES string of the molecule is COc1ccc(Cc2cc(N)nc3ccc(Cl)cc23)cc1Cl. The minimum Gasteiger partial charge on any atom is -0.495 e. The van der Waals surface area contributed by atoms with E-state index >= 15 is 0 Å². The minimum absolute atomic E-state index is 0.490. The van der Waals surface area contributed by atoms with E-state index in [2.05, 4.69) is 4.98 Å². The molecule has 0 radical (unpaired) electrons. The van der Waals surface area contributed by atoms with Gasteiger partial charge in [0.25, 0.3) is 0 Å². The van der Waals surface area contributed by atoms with Crippen molar-refractivity contribution in [1.29, 1.82) is 0 Å². The molecule has 0 unspecified atom stereocenters. The highest BCUT2D eigenvalue weighted by atomic mass is 35.5. The summed E-state index contributed by atoms with van der Waals surface area (Å²) in [7, 11) is 1.60. The van der Waals surface area contributed by atoms with Crippen LogP contribution in [0.4, 0.5) is 5.82 Å². The third kappa shape index (κ3) is 2.96. The smallest absolute Gasteiger partial charge is 0.137 e. The lowest BCUT2D eigenvalue weighted by Crippen LogP contribution is -1.97. The molecular weight excluding hydrogens is 319 g/mol. The number of hydrogen-bond donors (Lipinski definition) is 1. The van der Waals surface area contributed by atoms with E-state index in [0.717, 1.165) is 22.0 Å². The van der Waals surface area contributed by atoms with Gasteiger partial charge in [0, 0.05) is 10.4 Å². The molecule has 5 heteroatoms. The van der Waals surface area contributed by atoms with E-state index in [1.807, 2.05) is 42.5 Å². The fraction of sp³-hybridized carbons (Fsp3) is 0.118. The molecule has 1 aromatic heterocycles. The van der Waals surface area contributed by atoms with Crippen molar-refractivity contribution in [2.24, 2.45) is 0 Å². The largest absolute Gasteiger partial charge is 0.495 e. The number of anilines is 1. The molecule has 0 fully saturated rings. The molecule has 0 spiro atoms. The summed E-state index contributed by atoms with van der Waals surface area (Å²) in [6.07, 6.45) is 0.688. The highest BCUT2D eigenvalue weighted by Crippen LogP contribution is 2.29. The molecule has 3 rings (SSSR count). The zero-order valence-corrected chi connectivity index (χ0v) is 13.4. The molecule has 0 atom stereocenters. The van der Waals surface area contributed by atoms with Crippen LogP contribution in [0.3, 0.4) is 0 Å². The van der Waals surface area contributed by atoms with Gasteiger partial charge in [0.05, 0.1) is 17.6 Å². The number of benzene rings is 2. The van der Waals surface area contributed by atoms with E-state index in [0.29, 0.717) is 28.0 Å². The highest BCUT2D eigenvalue weighted by molar-refractivity contribution is 6.32. The molecule has 22 heavy (non-hydrogen) atoms. The van der Waals surface area contributed by atoms with Gasteiger partial charge in [-0.05, 0) is 53.9 Å². The van der Waals surface area contributed by atoms with Crippen molar-refractivity contribution in [3.05, 3.63) is 63.6 Å². The molecule has 112 valence electrons. The van der Waals surface area contributed by atoms with Gasteiger partial charge in [-0.1, -0.05) is 29.3 Å². The summed E-state index contributed by atoms with van der Waals surface area (Å²) in [5, 5.41) is 2.26. The Morgan fingerprint density at radius 1 is 1.09 bits per heavy atom. The maximum Gasteiger partial charge on any atom is 0.137 e. The number of pyridine rings is 1. The first kappa shape index (κ1) is 14.9. The quantitative estimate of drug-likeness (QED) is 0.754. The summed E-state index contributed by atoms with van der Waals surface area (Å²) in [6.45, 7) is 0. The molecule has 3 aromatic rings. The maximum atomic E-state index is 6.19. The van der Waals surface area contributed by atoms with Crippen LogP contribution >= 0.6 is 23.2 Å². The number of nitrogens with two attached hydrogens (primary N) is 1. The fourth-order valence-electron chi connectivity index (χ4n) is 2.48. The number of rotatable bonds is 3. The first-order valence-electron chi connectivity index (χ1n) is 6.74. The van der Waals surface area contributed by atoms with Crippen molar-refractivity contribution >= 4 is 39.9 Å². The first-order valence-corrected chi connectivity index (χ1v) is 7.49. The average Bonchev–Trinajstić information content (AvgIpc) is 2.48. The summed E-state index contributed by atoms with van der Waals surface area (Å²) >= 11 is 12.3. The van der Waals surface area contributed by atoms with Crippen LogP contribution in [0, 0.1) is 0 Å². The molecule has 0 saturated heterocycles. The van der Waals surface area contributed by atoms with Crippen molar-refractivity contribution in [1.82, 2.24) is 4.98 Å². The predicted molar refractivity (Wildman–Crippen MR) is 92.0 cm³/mol. The normalized spacial score (nSPS) is 10.9. The van der Waals surface area contributed by atoms with Crippen molar-refractivity contribution in [2.75, 3.05) is 12.8 Å². The second kappa shape index (κ2) is 6.03. The topological polar surface area (TPSA) is 48.1 Å². The van der Waals surface area contributed by atoms with Gasteiger partial charge in [-0.2, -0.15) is 0 Å². The van der Waals surface area contributed by atoms with Crippen LogP contribution < -0.4 is 10.5 Å². The molecule has 0 saturated carbocycles. The van der Waals surface area contributed by atoms with E-state index < -0.39 is 0 Å². The molecule has 0 aliphatic carbocycles. The van der Waals surface area contributed by atoms with E-state index in [1.165, 1.54) is 0 Å². The van der Waals surface area contributed by atoms with Gasteiger partial charge in [0.15, 0.2) is 0 Å². The Labute approximate surface area is 138 Å². The van der Waals surface area contributed by atoms with Crippen LogP contribution in [-0.2, 0) is 6.42 Å². The summed E-state index contributed by atoms with van der Waals surface area (Å²) in [5.74, 6) is 1.15. The van der Waals surface area contributed by atoms with Crippen LogP contribution in [0.5, 0.6) is 5.75 Å². The van der Waals surface area contributed by atoms with E-state index in [-0.39, 0.29) is 0 Å². The number of methoxy groups -OCH3 is 1. The molecular formula is C17H14Cl2N2O. The summed E-state index contributed by atoms with van der Waals surface area (Å²) in [6, 6.07) is 13.2. The van der Waals surface area contributed by atoms with Gasteiger partial charge in [-0.15, -0.1) is 0 Å². The Balaban J connectivity index is 2.06. The number of nitrogens with zero attached hydrogens (tertiary/aromatic N) is 1. The second-order valence-corrected chi connectivity index (χ2v) is 5.86. The molecule has 2 N–H and O–H groups in total. The molecule has 0 aliphatic heterocycles. The second-order valence-electron chi connectivity index (χ2n) is 5.01. The summed E-state index contributed by atoms with van der Waals surface area (Å²) in [5.41, 5.74) is 8.86. The first-order chi connectivity index (χ1) is 10.6. The van der Waals surface area contributed by atoms with Crippen molar-refractivity contribution in [3.8, 4) is 5.75 Å². The number of halogens is 2. The maximum absolute atomic E-state index is 6.19. The monoisotopic (exact) mass is 332 g/mol. The van der Waals surface area contributed by atoms with Crippen LogP contribution in [0.25, 0.3) is 10.9 Å². The molecule has 0 bridgehead atoms. The number of hydrogen-bond acceptors (Lipinski definition) is 3. The number of ether oxygens (including phenoxy) is 1. The number of aromatic nitrogens is 1. The van der Waals surface area contributed by atoms with Gasteiger partial charge in [0.2, 0.25) is 0 Å². The fourth-order valence-corrected chi connectivity index (χ4v) is 2.93. The Morgan fingerprint density at radius 2 is 1.91 bits per heavy atom. The molecule has 0 aliphatic rings. The molecule has 2 aromatic carbocycles. The molecule has 0 amide bonds. The van der Waals surface area contributed by atoms with E-state index in [9.17, 15) is 0 Å². The van der Waals surface area contributed by atoms with Crippen LogP contribution in [0.1, 0.15) is 11.1 Å². The average molecular weight is 333 g/mol. The predicted octanol–water partition coefficient (Wildman–Crippen LogP) is 4.72. The summed E-state index contributed by atoms with van der Waals surface area (Å²) < 4.78 is 5.18. The van der Waals surface area contributed by atoms with Crippen LogP contribution in [0.2, 0.25) is 10.0 Å². The van der Waals surface area contributed by atoms with E-state index in [1.54, 1.807) is 7.11 Å². The Kier molecular flexibility index (Phi) is 4.10. The highest BCUT2D eigenvalue weighted by Gasteiger charge is 2.08. The Hall–Kier alpha value is -1.97. The lowest BCUT2D eigenvalue weighted by Gasteiger charge is -2.10. The lowest BCUT2D eigenvalue weighted by molar-refractivity contribution is 0.415. The van der Waals surface area contributed by atoms with Crippen LogP contribution in [-0.4, -0.2) is 12.1 Å². The number of nitrogen functional groups attached to an aromatic ring is 1. The molecule has 1 heterocycles. The van der Waals surface area contributed by atoms with Crippen molar-refractivity contribution in [3.63, 3.8) is 0 Å². The van der Waals surface area contributed by atoms with E-state index in [4.69, 9.17) is 33.7 Å². The number of fused-ring (bicyclic) bond motifs is 1. The van der Waals surface area contributed by atoms with Crippen molar-refractivity contribution < 1.29 is 4.74 Å². The zero-order valence-electron chi connectivity index (χ0n) is 11.9. The van der Waals surface area contributed by atoms with Gasteiger partial charge < -0.3 is 10.5 Å². The van der Waals surface area contributed by atoms with Gasteiger partial charge in [0.1, 0.15) is 11.6 Å². The minimum atomic E-state index is 0.490. The van der Waals surface area contributed by atoms with Gasteiger partial charge in [-0.3, -0.25) is 0 Å². The van der Waals surface area contributed by atoms with Crippen LogP contribution in [0.15, 0.2) is 42.5 Å². The standard InChI is InChI=1S/C17H14Cl2N2O/c1-22-16-5-2-10(7-14(16)19)6-11-8-17(20)21-15-4-3-12(18)9-13(11)15/h2-5,7-9H,6H2,1H3,(H2,20,21). The Bertz CT molecular complexity index is 849. The zero-order chi connectivity index (χ0) is 15.7. The summed E-state index contributed by atoms with van der Waals surface area (Å²) in [4.78, 5) is 4.34. The van der Waals surface area contributed by atoms with Gasteiger partial charge >= 0.3 is 0 Å². The third-order valence-corrected chi connectivity index (χ3v) is 4.02.